The number of primary amides is 1. The van der Waals surface area contributed by atoms with Gasteiger partial charge in [0.15, 0.2) is 0 Å². The van der Waals surface area contributed by atoms with Crippen LogP contribution in [0, 0.1) is 0 Å². The SMILES string of the molecule is NC(=O)Cn1ccnc1[C@H]1CCCN(C(=O)Cc2cccc(O)c2)C1. The maximum absolute atomic E-state index is 12.6. The Bertz CT molecular complexity index is 771. The molecule has 25 heavy (non-hydrogen) atoms. The Kier molecular flexibility index (Phi) is 5.02. The zero-order valence-corrected chi connectivity index (χ0v) is 14.0. The number of phenols is 1. The molecule has 3 N–H and O–H groups in total. The Morgan fingerprint density at radius 2 is 2.20 bits per heavy atom. The predicted molar refractivity (Wildman–Crippen MR) is 91.8 cm³/mol. The molecule has 0 aliphatic carbocycles. The summed E-state index contributed by atoms with van der Waals surface area (Å²) in [4.78, 5) is 30.0. The van der Waals surface area contributed by atoms with E-state index in [-0.39, 0.29) is 30.5 Å². The van der Waals surface area contributed by atoms with Crippen LogP contribution in [0.1, 0.15) is 30.1 Å². The summed E-state index contributed by atoms with van der Waals surface area (Å²) in [7, 11) is 0. The van der Waals surface area contributed by atoms with Gasteiger partial charge in [0.1, 0.15) is 18.1 Å². The van der Waals surface area contributed by atoms with E-state index in [1.165, 1.54) is 0 Å². The van der Waals surface area contributed by atoms with E-state index in [0.717, 1.165) is 24.2 Å². The van der Waals surface area contributed by atoms with Crippen LogP contribution in [0.3, 0.4) is 0 Å². The maximum atomic E-state index is 12.6. The molecule has 0 unspecified atom stereocenters. The minimum atomic E-state index is -0.410. The Morgan fingerprint density at radius 1 is 1.36 bits per heavy atom. The number of hydrogen-bond acceptors (Lipinski definition) is 4. The molecule has 2 heterocycles. The molecule has 132 valence electrons. The summed E-state index contributed by atoms with van der Waals surface area (Å²) in [6.07, 6.45) is 5.47. The van der Waals surface area contributed by atoms with Crippen LogP contribution in [0.15, 0.2) is 36.7 Å². The molecule has 2 aromatic rings. The van der Waals surface area contributed by atoms with Crippen molar-refractivity contribution in [2.45, 2.75) is 31.7 Å². The first-order valence-electron chi connectivity index (χ1n) is 8.38. The number of carbonyl (C=O) groups excluding carboxylic acids is 2. The van der Waals surface area contributed by atoms with E-state index in [1.54, 1.807) is 35.2 Å². The Labute approximate surface area is 146 Å². The average Bonchev–Trinajstić information content (AvgIpc) is 3.02. The van der Waals surface area contributed by atoms with Gasteiger partial charge in [-0.05, 0) is 30.5 Å². The van der Waals surface area contributed by atoms with Crippen molar-refractivity contribution in [1.29, 1.82) is 0 Å². The standard InChI is InChI=1S/C18H22N4O3/c19-16(24)12-22-8-6-20-18(22)14-4-2-7-21(11-14)17(25)10-13-3-1-5-15(23)9-13/h1,3,5-6,8-9,14,23H,2,4,7,10-12H2,(H2,19,24)/t14-/m0/s1. The Balaban J connectivity index is 1.68. The second-order valence-electron chi connectivity index (χ2n) is 6.41. The van der Waals surface area contributed by atoms with Gasteiger partial charge in [-0.25, -0.2) is 4.98 Å². The van der Waals surface area contributed by atoms with Crippen LogP contribution < -0.4 is 5.73 Å². The lowest BCUT2D eigenvalue weighted by Gasteiger charge is -2.32. The maximum Gasteiger partial charge on any atom is 0.237 e. The lowest BCUT2D eigenvalue weighted by Crippen LogP contribution is -2.40. The quantitative estimate of drug-likeness (QED) is 0.847. The molecule has 0 spiro atoms. The molecule has 0 radical (unpaired) electrons. The molecule has 1 atom stereocenters. The first-order chi connectivity index (χ1) is 12.0. The smallest absolute Gasteiger partial charge is 0.237 e. The van der Waals surface area contributed by atoms with Crippen molar-refractivity contribution in [1.82, 2.24) is 14.5 Å². The molecule has 2 amide bonds. The molecular formula is C18H22N4O3. The van der Waals surface area contributed by atoms with Gasteiger partial charge in [0.25, 0.3) is 0 Å². The highest BCUT2D eigenvalue weighted by atomic mass is 16.3. The number of carbonyl (C=O) groups is 2. The second kappa shape index (κ2) is 7.38. The highest BCUT2D eigenvalue weighted by molar-refractivity contribution is 5.79. The summed E-state index contributed by atoms with van der Waals surface area (Å²) < 4.78 is 1.76. The van der Waals surface area contributed by atoms with Crippen LogP contribution in [-0.2, 0) is 22.6 Å². The second-order valence-corrected chi connectivity index (χ2v) is 6.41. The van der Waals surface area contributed by atoms with E-state index >= 15 is 0 Å². The largest absolute Gasteiger partial charge is 0.508 e. The van der Waals surface area contributed by atoms with E-state index < -0.39 is 5.91 Å². The molecule has 1 aliphatic rings. The fourth-order valence-electron chi connectivity index (χ4n) is 3.35. The molecular weight excluding hydrogens is 320 g/mol. The lowest BCUT2D eigenvalue weighted by molar-refractivity contribution is -0.131. The zero-order valence-electron chi connectivity index (χ0n) is 14.0. The van der Waals surface area contributed by atoms with Gasteiger partial charge in [0.2, 0.25) is 11.8 Å². The number of rotatable bonds is 5. The van der Waals surface area contributed by atoms with Gasteiger partial charge < -0.3 is 20.3 Å². The van der Waals surface area contributed by atoms with Gasteiger partial charge >= 0.3 is 0 Å². The van der Waals surface area contributed by atoms with E-state index in [9.17, 15) is 14.7 Å². The number of nitrogens with zero attached hydrogens (tertiary/aromatic N) is 3. The Hall–Kier alpha value is -2.83. The number of piperidine rings is 1. The molecule has 0 bridgehead atoms. The average molecular weight is 342 g/mol. The first-order valence-corrected chi connectivity index (χ1v) is 8.38. The molecule has 1 saturated heterocycles. The zero-order chi connectivity index (χ0) is 17.8. The van der Waals surface area contributed by atoms with Gasteiger partial charge in [-0.3, -0.25) is 9.59 Å². The molecule has 7 heteroatoms. The highest BCUT2D eigenvalue weighted by Gasteiger charge is 2.27. The number of phenolic OH excluding ortho intramolecular Hbond substituents is 1. The first kappa shape index (κ1) is 17.0. The van der Waals surface area contributed by atoms with Crippen molar-refractivity contribution in [3.05, 3.63) is 48.0 Å². The van der Waals surface area contributed by atoms with Crippen molar-refractivity contribution in [2.75, 3.05) is 13.1 Å². The number of likely N-dealkylation sites (tertiary alicyclic amines) is 1. The summed E-state index contributed by atoms with van der Waals surface area (Å²) in [6, 6.07) is 6.76. The molecule has 1 aromatic heterocycles. The van der Waals surface area contributed by atoms with Gasteiger partial charge in [0, 0.05) is 31.4 Å². The topological polar surface area (TPSA) is 101 Å². The summed E-state index contributed by atoms with van der Waals surface area (Å²) in [5.41, 5.74) is 6.08. The number of imidazole rings is 1. The van der Waals surface area contributed by atoms with E-state index in [4.69, 9.17) is 5.73 Å². The molecule has 1 aromatic carbocycles. The van der Waals surface area contributed by atoms with Crippen LogP contribution in [0.5, 0.6) is 5.75 Å². The fraction of sp³-hybridized carbons (Fsp3) is 0.389. The normalized spacial score (nSPS) is 17.4. The number of amides is 2. The summed E-state index contributed by atoms with van der Waals surface area (Å²) in [6.45, 7) is 1.39. The molecule has 1 fully saturated rings. The predicted octanol–water partition coefficient (Wildman–Crippen LogP) is 1.02. The van der Waals surface area contributed by atoms with E-state index in [0.29, 0.717) is 13.1 Å². The summed E-state index contributed by atoms with van der Waals surface area (Å²) in [5, 5.41) is 9.53. The number of aromatic hydroxyl groups is 1. The highest BCUT2D eigenvalue weighted by Crippen LogP contribution is 2.26. The molecule has 3 rings (SSSR count). The van der Waals surface area contributed by atoms with Gasteiger partial charge in [0.05, 0.1) is 6.42 Å². The van der Waals surface area contributed by atoms with E-state index in [2.05, 4.69) is 4.98 Å². The monoisotopic (exact) mass is 342 g/mol. The summed E-state index contributed by atoms with van der Waals surface area (Å²) >= 11 is 0. The van der Waals surface area contributed by atoms with Crippen LogP contribution in [0.25, 0.3) is 0 Å². The third-order valence-electron chi connectivity index (χ3n) is 4.48. The van der Waals surface area contributed by atoms with Gasteiger partial charge in [-0.1, -0.05) is 12.1 Å². The molecule has 0 saturated carbocycles. The van der Waals surface area contributed by atoms with Gasteiger partial charge in [-0.15, -0.1) is 0 Å². The van der Waals surface area contributed by atoms with Crippen molar-refractivity contribution in [2.24, 2.45) is 5.73 Å². The Morgan fingerprint density at radius 3 is 2.96 bits per heavy atom. The van der Waals surface area contributed by atoms with Crippen LogP contribution in [0.4, 0.5) is 0 Å². The summed E-state index contributed by atoms with van der Waals surface area (Å²) in [5.74, 6) is 0.676. The number of nitrogens with two attached hydrogens (primary N) is 1. The van der Waals surface area contributed by atoms with Crippen LogP contribution in [0.2, 0.25) is 0 Å². The third kappa shape index (κ3) is 4.17. The third-order valence-corrected chi connectivity index (χ3v) is 4.48. The molecule has 7 nitrogen and oxygen atoms in total. The molecule has 1 aliphatic heterocycles. The van der Waals surface area contributed by atoms with Crippen molar-refractivity contribution >= 4 is 11.8 Å². The van der Waals surface area contributed by atoms with Crippen molar-refractivity contribution < 1.29 is 14.7 Å². The van der Waals surface area contributed by atoms with Crippen LogP contribution >= 0.6 is 0 Å². The van der Waals surface area contributed by atoms with Crippen molar-refractivity contribution in [3.8, 4) is 5.75 Å². The number of benzene rings is 1. The lowest BCUT2D eigenvalue weighted by atomic mass is 9.96. The minimum Gasteiger partial charge on any atom is -0.508 e. The van der Waals surface area contributed by atoms with E-state index in [1.807, 2.05) is 11.0 Å². The van der Waals surface area contributed by atoms with Gasteiger partial charge in [-0.2, -0.15) is 0 Å². The minimum absolute atomic E-state index is 0.0308. The fourth-order valence-corrected chi connectivity index (χ4v) is 3.35. The van der Waals surface area contributed by atoms with Crippen molar-refractivity contribution in [3.63, 3.8) is 0 Å². The number of hydrogen-bond donors (Lipinski definition) is 2. The number of aromatic nitrogens is 2. The van der Waals surface area contributed by atoms with Crippen LogP contribution in [-0.4, -0.2) is 44.5 Å².